The molecule has 1 saturated heterocycles. The van der Waals surface area contributed by atoms with E-state index in [-0.39, 0.29) is 6.04 Å². The summed E-state index contributed by atoms with van der Waals surface area (Å²) in [6.07, 6.45) is 0.457. The van der Waals surface area contributed by atoms with Gasteiger partial charge in [0.2, 0.25) is 0 Å². The summed E-state index contributed by atoms with van der Waals surface area (Å²) in [6, 6.07) is 25.8. The van der Waals surface area contributed by atoms with Crippen molar-refractivity contribution in [1.29, 1.82) is 0 Å². The molecule has 1 aliphatic rings. The molecule has 4 atom stereocenters. The van der Waals surface area contributed by atoms with Gasteiger partial charge in [0.05, 0.1) is 11.6 Å². The summed E-state index contributed by atoms with van der Waals surface area (Å²) >= 11 is 0. The van der Waals surface area contributed by atoms with Gasteiger partial charge in [-0.1, -0.05) is 85.3 Å². The molecule has 29 heavy (non-hydrogen) atoms. The highest BCUT2D eigenvalue weighted by molar-refractivity contribution is 5.49. The van der Waals surface area contributed by atoms with Crippen LogP contribution in [-0.4, -0.2) is 16.6 Å². The first kappa shape index (κ1) is 19.9. The van der Waals surface area contributed by atoms with E-state index in [1.54, 1.807) is 0 Å². The minimum Gasteiger partial charge on any atom is -0.386 e. The standard InChI is InChI=1S/C27H31NO/c1-5-16-28-25(22-12-8-6-9-13-22)27(28,23-14-10-7-11-15-23)26(29)24-20(3)17-19(2)18-21(24)4/h6-15,17-18,25-26,29H,5,16H2,1-4H3/t25?,26-,27?,28?/m1/s1. The molecule has 1 heterocycles. The van der Waals surface area contributed by atoms with E-state index < -0.39 is 11.6 Å². The second kappa shape index (κ2) is 7.78. The highest BCUT2D eigenvalue weighted by Gasteiger charge is 2.67. The maximum absolute atomic E-state index is 12.0. The van der Waals surface area contributed by atoms with Crippen molar-refractivity contribution in [2.75, 3.05) is 6.54 Å². The zero-order valence-electron chi connectivity index (χ0n) is 17.9. The number of aryl methyl sites for hydroxylation is 3. The molecule has 0 spiro atoms. The molecule has 4 rings (SSSR count). The Bertz CT molecular complexity index is 959. The molecule has 1 fully saturated rings. The van der Waals surface area contributed by atoms with Crippen LogP contribution in [0.25, 0.3) is 0 Å². The Labute approximate surface area is 174 Å². The van der Waals surface area contributed by atoms with Crippen LogP contribution in [0.3, 0.4) is 0 Å². The quantitative estimate of drug-likeness (QED) is 0.525. The molecule has 0 bridgehead atoms. The van der Waals surface area contributed by atoms with Gasteiger partial charge in [0.25, 0.3) is 0 Å². The first-order valence-electron chi connectivity index (χ1n) is 10.6. The average Bonchev–Trinajstić information content (AvgIpc) is 3.38. The fourth-order valence-corrected chi connectivity index (χ4v) is 5.32. The Hall–Kier alpha value is -2.42. The molecule has 1 aliphatic heterocycles. The van der Waals surface area contributed by atoms with Gasteiger partial charge < -0.3 is 5.11 Å². The normalized spacial score (nSPS) is 24.3. The van der Waals surface area contributed by atoms with Gasteiger partial charge in [-0.05, 0) is 61.6 Å². The summed E-state index contributed by atoms with van der Waals surface area (Å²) < 4.78 is 0. The van der Waals surface area contributed by atoms with Crippen molar-refractivity contribution in [2.45, 2.75) is 51.8 Å². The van der Waals surface area contributed by atoms with E-state index in [1.807, 2.05) is 0 Å². The molecule has 0 saturated carbocycles. The van der Waals surface area contributed by atoms with E-state index in [4.69, 9.17) is 0 Å². The number of aliphatic hydroxyl groups is 1. The van der Waals surface area contributed by atoms with E-state index in [1.165, 1.54) is 27.8 Å². The molecule has 0 aromatic heterocycles. The summed E-state index contributed by atoms with van der Waals surface area (Å²) in [4.78, 5) is 2.49. The van der Waals surface area contributed by atoms with Crippen LogP contribution < -0.4 is 0 Å². The first-order chi connectivity index (χ1) is 14.0. The lowest BCUT2D eigenvalue weighted by Gasteiger charge is -2.28. The molecule has 0 amide bonds. The molecule has 3 unspecified atom stereocenters. The van der Waals surface area contributed by atoms with Gasteiger partial charge in [-0.25, -0.2) is 0 Å². The van der Waals surface area contributed by atoms with Crippen molar-refractivity contribution in [3.8, 4) is 0 Å². The maximum atomic E-state index is 12.0. The van der Waals surface area contributed by atoms with Crippen LogP contribution in [0.1, 0.15) is 58.9 Å². The van der Waals surface area contributed by atoms with Crippen molar-refractivity contribution in [3.63, 3.8) is 0 Å². The zero-order valence-corrected chi connectivity index (χ0v) is 17.9. The number of hydrogen-bond donors (Lipinski definition) is 1. The number of aliphatic hydroxyl groups excluding tert-OH is 1. The highest BCUT2D eigenvalue weighted by atomic mass is 16.3. The predicted octanol–water partition coefficient (Wildman–Crippen LogP) is 6.01. The van der Waals surface area contributed by atoms with E-state index in [0.717, 1.165) is 18.5 Å². The molecule has 1 N–H and O–H groups in total. The smallest absolute Gasteiger partial charge is 0.104 e. The predicted molar refractivity (Wildman–Crippen MR) is 120 cm³/mol. The van der Waals surface area contributed by atoms with Crippen molar-refractivity contribution < 1.29 is 5.11 Å². The fourth-order valence-electron chi connectivity index (χ4n) is 5.32. The van der Waals surface area contributed by atoms with Crippen LogP contribution in [0.15, 0.2) is 72.8 Å². The third-order valence-electron chi connectivity index (χ3n) is 6.38. The third kappa shape index (κ3) is 3.21. The summed E-state index contributed by atoms with van der Waals surface area (Å²) in [5.41, 5.74) is 6.66. The molecule has 2 nitrogen and oxygen atoms in total. The minimum atomic E-state index is -0.595. The van der Waals surface area contributed by atoms with Gasteiger partial charge in [0.15, 0.2) is 0 Å². The molecular formula is C27H31NO. The molecule has 3 aromatic carbocycles. The van der Waals surface area contributed by atoms with E-state index in [2.05, 4.69) is 105 Å². The maximum Gasteiger partial charge on any atom is 0.104 e. The third-order valence-corrected chi connectivity index (χ3v) is 6.38. The Morgan fingerprint density at radius 1 is 0.897 bits per heavy atom. The average molecular weight is 386 g/mol. The highest BCUT2D eigenvalue weighted by Crippen LogP contribution is 2.66. The Balaban J connectivity index is 1.91. The number of rotatable bonds is 6. The van der Waals surface area contributed by atoms with Crippen molar-refractivity contribution in [3.05, 3.63) is 106 Å². The summed E-state index contributed by atoms with van der Waals surface area (Å²) in [6.45, 7) is 9.54. The van der Waals surface area contributed by atoms with Gasteiger partial charge in [0.1, 0.15) is 6.10 Å². The summed E-state index contributed by atoms with van der Waals surface area (Å²) in [5.74, 6) is 0. The SMILES string of the molecule is CCCN1C(c2ccccc2)C1(c1ccccc1)[C@H](O)c1c(C)cc(C)cc1C. The van der Waals surface area contributed by atoms with Gasteiger partial charge in [-0.3, -0.25) is 4.90 Å². The molecule has 0 aliphatic carbocycles. The lowest BCUT2D eigenvalue weighted by atomic mass is 9.80. The largest absolute Gasteiger partial charge is 0.386 e. The summed E-state index contributed by atoms with van der Waals surface area (Å²) in [7, 11) is 0. The van der Waals surface area contributed by atoms with E-state index >= 15 is 0 Å². The number of benzene rings is 3. The lowest BCUT2D eigenvalue weighted by Crippen LogP contribution is -2.27. The second-order valence-corrected chi connectivity index (χ2v) is 8.41. The number of nitrogens with zero attached hydrogens (tertiary/aromatic N) is 1. The van der Waals surface area contributed by atoms with Crippen LogP contribution >= 0.6 is 0 Å². The van der Waals surface area contributed by atoms with Crippen molar-refractivity contribution in [1.82, 2.24) is 4.90 Å². The molecular weight excluding hydrogens is 354 g/mol. The van der Waals surface area contributed by atoms with E-state index in [9.17, 15) is 5.11 Å². The molecule has 0 radical (unpaired) electrons. The van der Waals surface area contributed by atoms with Crippen molar-refractivity contribution >= 4 is 0 Å². The van der Waals surface area contributed by atoms with Crippen LogP contribution in [-0.2, 0) is 5.54 Å². The second-order valence-electron chi connectivity index (χ2n) is 8.41. The molecule has 3 aromatic rings. The minimum absolute atomic E-state index is 0.168. The van der Waals surface area contributed by atoms with Gasteiger partial charge >= 0.3 is 0 Å². The lowest BCUT2D eigenvalue weighted by molar-refractivity contribution is 0.101. The van der Waals surface area contributed by atoms with Crippen LogP contribution in [0.2, 0.25) is 0 Å². The molecule has 150 valence electrons. The van der Waals surface area contributed by atoms with Crippen LogP contribution in [0, 0.1) is 20.8 Å². The fraction of sp³-hybridized carbons (Fsp3) is 0.333. The Morgan fingerprint density at radius 3 is 2.00 bits per heavy atom. The first-order valence-corrected chi connectivity index (χ1v) is 10.6. The van der Waals surface area contributed by atoms with Gasteiger partial charge in [-0.15, -0.1) is 0 Å². The van der Waals surface area contributed by atoms with Gasteiger partial charge in [-0.2, -0.15) is 0 Å². The van der Waals surface area contributed by atoms with Crippen molar-refractivity contribution in [2.24, 2.45) is 0 Å². The monoisotopic (exact) mass is 385 g/mol. The zero-order chi connectivity index (χ0) is 20.6. The van der Waals surface area contributed by atoms with E-state index in [0.29, 0.717) is 0 Å². The van der Waals surface area contributed by atoms with Gasteiger partial charge in [0, 0.05) is 0 Å². The van der Waals surface area contributed by atoms with Crippen LogP contribution in [0.5, 0.6) is 0 Å². The topological polar surface area (TPSA) is 23.2 Å². The Morgan fingerprint density at radius 2 is 1.45 bits per heavy atom. The summed E-state index contributed by atoms with van der Waals surface area (Å²) in [5, 5.41) is 12.0. The molecule has 2 heteroatoms. The Kier molecular flexibility index (Phi) is 5.33. The number of hydrogen-bond acceptors (Lipinski definition) is 2. The van der Waals surface area contributed by atoms with Crippen LogP contribution in [0.4, 0.5) is 0 Å².